The molecule has 116 valence electrons. The lowest BCUT2D eigenvalue weighted by molar-refractivity contribution is -0.128. The van der Waals surface area contributed by atoms with E-state index >= 15 is 0 Å². The van der Waals surface area contributed by atoms with E-state index < -0.39 is 15.6 Å². The van der Waals surface area contributed by atoms with Crippen LogP contribution in [0.15, 0.2) is 23.1 Å². The average molecular weight is 312 g/mol. The van der Waals surface area contributed by atoms with Gasteiger partial charge in [0, 0.05) is 24.3 Å². The zero-order valence-corrected chi connectivity index (χ0v) is 13.0. The first-order valence-corrected chi connectivity index (χ1v) is 8.50. The zero-order chi connectivity index (χ0) is 15.6. The van der Waals surface area contributed by atoms with Gasteiger partial charge in [-0.05, 0) is 31.9 Å². The molecule has 1 saturated carbocycles. The molecule has 0 heterocycles. The number of hydrogen-bond donors (Lipinski definition) is 1. The number of nitrogens with two attached hydrogens (primary N) is 1. The summed E-state index contributed by atoms with van der Waals surface area (Å²) in [7, 11) is -2.38. The number of carbonyl (C=O) groups is 1. The third kappa shape index (κ3) is 3.47. The van der Waals surface area contributed by atoms with Crippen LogP contribution in [0.4, 0.5) is 5.69 Å². The number of methoxy groups -OCH3 is 1. The summed E-state index contributed by atoms with van der Waals surface area (Å²) in [5, 5.41) is 0. The van der Waals surface area contributed by atoms with Gasteiger partial charge >= 0.3 is 0 Å². The van der Waals surface area contributed by atoms with E-state index in [-0.39, 0.29) is 22.6 Å². The number of nitrogen functional groups attached to an aromatic ring is 1. The topological polar surface area (TPSA) is 89.7 Å². The van der Waals surface area contributed by atoms with Crippen LogP contribution in [0.5, 0.6) is 5.75 Å². The molecule has 21 heavy (non-hydrogen) atoms. The van der Waals surface area contributed by atoms with Crippen molar-refractivity contribution in [3.63, 3.8) is 0 Å². The van der Waals surface area contributed by atoms with E-state index in [1.165, 1.54) is 25.3 Å². The van der Waals surface area contributed by atoms with Crippen molar-refractivity contribution in [3.05, 3.63) is 18.2 Å². The monoisotopic (exact) mass is 312 g/mol. The van der Waals surface area contributed by atoms with Gasteiger partial charge in [-0.1, -0.05) is 0 Å². The number of rotatable bonds is 6. The third-order valence-corrected chi connectivity index (χ3v) is 5.12. The molecule has 1 fully saturated rings. The maximum atomic E-state index is 12.4. The van der Waals surface area contributed by atoms with E-state index in [2.05, 4.69) is 0 Å². The van der Waals surface area contributed by atoms with E-state index in [9.17, 15) is 13.2 Å². The Balaban J connectivity index is 2.24. The van der Waals surface area contributed by atoms with Gasteiger partial charge in [-0.25, -0.2) is 8.42 Å². The molecule has 0 atom stereocenters. The van der Waals surface area contributed by atoms with Gasteiger partial charge in [0.1, 0.15) is 16.4 Å². The van der Waals surface area contributed by atoms with E-state index in [0.29, 0.717) is 12.2 Å². The Morgan fingerprint density at radius 1 is 1.43 bits per heavy atom. The normalized spacial score (nSPS) is 14.8. The van der Waals surface area contributed by atoms with Crippen LogP contribution in [0.3, 0.4) is 0 Å². The molecule has 0 saturated heterocycles. The summed E-state index contributed by atoms with van der Waals surface area (Å²) in [6.07, 6.45) is 1.90. The van der Waals surface area contributed by atoms with Crippen LogP contribution in [0, 0.1) is 0 Å². The summed E-state index contributed by atoms with van der Waals surface area (Å²) in [6.45, 7) is 2.38. The molecule has 0 bridgehead atoms. The highest BCUT2D eigenvalue weighted by Gasteiger charge is 2.34. The van der Waals surface area contributed by atoms with Gasteiger partial charge in [0.2, 0.25) is 5.91 Å². The second-order valence-corrected chi connectivity index (χ2v) is 7.04. The lowest BCUT2D eigenvalue weighted by Gasteiger charge is -2.20. The minimum absolute atomic E-state index is 0.000556. The molecule has 7 heteroatoms. The number of sulfone groups is 1. The Bertz CT molecular complexity index is 638. The Labute approximate surface area is 124 Å². The fourth-order valence-electron chi connectivity index (χ4n) is 2.29. The van der Waals surface area contributed by atoms with E-state index in [0.717, 1.165) is 12.8 Å². The van der Waals surface area contributed by atoms with Crippen molar-refractivity contribution in [2.45, 2.75) is 30.7 Å². The minimum Gasteiger partial charge on any atom is -0.495 e. The Morgan fingerprint density at radius 3 is 2.62 bits per heavy atom. The number of ether oxygens (including phenoxy) is 1. The second kappa shape index (κ2) is 5.93. The Hall–Kier alpha value is -1.76. The molecule has 0 aromatic heterocycles. The van der Waals surface area contributed by atoms with Crippen LogP contribution >= 0.6 is 0 Å². The maximum Gasteiger partial charge on any atom is 0.238 e. The molecule has 1 aliphatic carbocycles. The molecule has 2 N–H and O–H groups in total. The van der Waals surface area contributed by atoms with Gasteiger partial charge in [0.15, 0.2) is 9.84 Å². The Morgan fingerprint density at radius 2 is 2.10 bits per heavy atom. The molecule has 1 aromatic rings. The van der Waals surface area contributed by atoms with Crippen LogP contribution in [-0.2, 0) is 14.6 Å². The summed E-state index contributed by atoms with van der Waals surface area (Å²) in [4.78, 5) is 13.8. The van der Waals surface area contributed by atoms with Gasteiger partial charge in [-0.2, -0.15) is 0 Å². The molecule has 1 amide bonds. The highest BCUT2D eigenvalue weighted by atomic mass is 32.2. The first kappa shape index (κ1) is 15.6. The van der Waals surface area contributed by atoms with Crippen LogP contribution in [-0.4, -0.2) is 44.7 Å². The third-order valence-electron chi connectivity index (χ3n) is 3.48. The summed E-state index contributed by atoms with van der Waals surface area (Å²) in [5.74, 6) is -0.742. The zero-order valence-electron chi connectivity index (χ0n) is 12.2. The summed E-state index contributed by atoms with van der Waals surface area (Å²) >= 11 is 0. The molecule has 1 aliphatic rings. The number of carbonyl (C=O) groups excluding carboxylic acids is 1. The SMILES string of the molecule is CCN(C(=O)CS(=O)(=O)c1ccc(N)cc1OC)C1CC1. The van der Waals surface area contributed by atoms with Gasteiger partial charge < -0.3 is 15.4 Å². The molecule has 0 spiro atoms. The van der Waals surface area contributed by atoms with Gasteiger partial charge in [-0.3, -0.25) is 4.79 Å². The van der Waals surface area contributed by atoms with E-state index in [1.807, 2.05) is 6.92 Å². The number of hydrogen-bond acceptors (Lipinski definition) is 5. The average Bonchev–Trinajstić information content (AvgIpc) is 3.23. The van der Waals surface area contributed by atoms with Gasteiger partial charge in [-0.15, -0.1) is 0 Å². The van der Waals surface area contributed by atoms with Crippen molar-refractivity contribution >= 4 is 21.4 Å². The van der Waals surface area contributed by atoms with Crippen LogP contribution < -0.4 is 10.5 Å². The molecule has 0 radical (unpaired) electrons. The highest BCUT2D eigenvalue weighted by Crippen LogP contribution is 2.29. The minimum atomic E-state index is -3.75. The molecule has 0 unspecified atom stereocenters. The Kier molecular flexibility index (Phi) is 4.41. The van der Waals surface area contributed by atoms with Crippen molar-refractivity contribution in [2.75, 3.05) is 25.1 Å². The smallest absolute Gasteiger partial charge is 0.238 e. The lowest BCUT2D eigenvalue weighted by atomic mass is 10.3. The molecule has 0 aliphatic heterocycles. The largest absolute Gasteiger partial charge is 0.495 e. The molecule has 6 nitrogen and oxygen atoms in total. The maximum absolute atomic E-state index is 12.4. The van der Waals surface area contributed by atoms with Crippen molar-refractivity contribution < 1.29 is 17.9 Å². The lowest BCUT2D eigenvalue weighted by Crippen LogP contribution is -2.37. The van der Waals surface area contributed by atoms with E-state index in [1.54, 1.807) is 4.90 Å². The van der Waals surface area contributed by atoms with Crippen LogP contribution in [0.25, 0.3) is 0 Å². The van der Waals surface area contributed by atoms with Gasteiger partial charge in [0.25, 0.3) is 0 Å². The summed E-state index contributed by atoms with van der Waals surface area (Å²) < 4.78 is 29.9. The molecular weight excluding hydrogens is 292 g/mol. The number of benzene rings is 1. The summed E-state index contributed by atoms with van der Waals surface area (Å²) in [5.41, 5.74) is 6.02. The second-order valence-electron chi connectivity index (χ2n) is 5.08. The fraction of sp³-hybridized carbons (Fsp3) is 0.500. The summed E-state index contributed by atoms with van der Waals surface area (Å²) in [6, 6.07) is 4.50. The number of amides is 1. The molecule has 2 rings (SSSR count). The van der Waals surface area contributed by atoms with Crippen molar-refractivity contribution in [1.29, 1.82) is 0 Å². The predicted molar refractivity (Wildman–Crippen MR) is 79.9 cm³/mol. The van der Waals surface area contributed by atoms with Crippen molar-refractivity contribution in [1.82, 2.24) is 4.90 Å². The number of anilines is 1. The van der Waals surface area contributed by atoms with Crippen molar-refractivity contribution in [2.24, 2.45) is 0 Å². The van der Waals surface area contributed by atoms with E-state index in [4.69, 9.17) is 10.5 Å². The quantitative estimate of drug-likeness (QED) is 0.793. The molecule has 1 aromatic carbocycles. The van der Waals surface area contributed by atoms with Crippen LogP contribution in [0.2, 0.25) is 0 Å². The predicted octanol–water partition coefficient (Wildman–Crippen LogP) is 1.06. The van der Waals surface area contributed by atoms with Gasteiger partial charge in [0.05, 0.1) is 7.11 Å². The van der Waals surface area contributed by atoms with Crippen LogP contribution in [0.1, 0.15) is 19.8 Å². The standard InChI is InChI=1S/C14H20N2O4S/c1-3-16(11-5-6-11)14(17)9-21(18,19)13-7-4-10(15)8-12(13)20-2/h4,7-8,11H,3,5-6,9,15H2,1-2H3. The fourth-order valence-corrected chi connectivity index (χ4v) is 3.66. The number of nitrogens with zero attached hydrogens (tertiary/aromatic N) is 1. The first-order valence-electron chi connectivity index (χ1n) is 6.84. The van der Waals surface area contributed by atoms with Crippen molar-refractivity contribution in [3.8, 4) is 5.75 Å². The first-order chi connectivity index (χ1) is 9.89. The molecular formula is C14H20N2O4S. The highest BCUT2D eigenvalue weighted by molar-refractivity contribution is 7.92.